The minimum absolute atomic E-state index is 0.0314. The molecule has 0 aliphatic heterocycles. The molecule has 4 nitrogen and oxygen atoms in total. The van der Waals surface area contributed by atoms with Crippen molar-refractivity contribution in [2.75, 3.05) is 11.5 Å². The number of carboxylic acid groups (broad SMARTS) is 1. The first kappa shape index (κ1) is 15.1. The highest BCUT2D eigenvalue weighted by Gasteiger charge is 2.15. The molecule has 0 aromatic carbocycles. The zero-order valence-electron chi connectivity index (χ0n) is 9.86. The van der Waals surface area contributed by atoms with Crippen LogP contribution in [0.15, 0.2) is 0 Å². The van der Waals surface area contributed by atoms with Gasteiger partial charge in [0.2, 0.25) is 0 Å². The lowest BCUT2D eigenvalue weighted by Gasteiger charge is -2.13. The summed E-state index contributed by atoms with van der Waals surface area (Å²) in [7, 11) is -1.03. The monoisotopic (exact) mass is 245 g/mol. The Bertz CT molecular complexity index is 294. The summed E-state index contributed by atoms with van der Waals surface area (Å²) in [5, 5.41) is 17.2. The van der Waals surface area contributed by atoms with E-state index in [9.17, 15) is 9.00 Å². The van der Waals surface area contributed by atoms with Crippen molar-refractivity contribution in [3.63, 3.8) is 0 Å². The number of hydrogen-bond donors (Lipinski definition) is 1. The molecule has 0 saturated carbocycles. The number of aliphatic carboxylic acids is 1. The van der Waals surface area contributed by atoms with E-state index in [1.54, 1.807) is 0 Å². The summed E-state index contributed by atoms with van der Waals surface area (Å²) in [5.41, 5.74) is -0.317. The van der Waals surface area contributed by atoms with Crippen LogP contribution >= 0.6 is 0 Å². The zero-order chi connectivity index (χ0) is 12.6. The number of carboxylic acids is 1. The second kappa shape index (κ2) is 7.39. The van der Waals surface area contributed by atoms with E-state index in [-0.39, 0.29) is 17.6 Å². The summed E-state index contributed by atoms with van der Waals surface area (Å²) < 4.78 is 11.3. The second-order valence-electron chi connectivity index (χ2n) is 4.44. The van der Waals surface area contributed by atoms with Gasteiger partial charge in [-0.05, 0) is 26.7 Å². The normalized spacial score (nSPS) is 13.1. The fourth-order valence-corrected chi connectivity index (χ4v) is 2.32. The highest BCUT2D eigenvalue weighted by atomic mass is 32.2. The Balaban J connectivity index is 3.57. The average Bonchev–Trinajstić information content (AvgIpc) is 2.21. The Hall–Kier alpha value is -0.890. The lowest BCUT2D eigenvalue weighted by Crippen LogP contribution is -2.10. The van der Waals surface area contributed by atoms with Gasteiger partial charge in [-0.2, -0.15) is 5.26 Å². The van der Waals surface area contributed by atoms with E-state index >= 15 is 0 Å². The fraction of sp³-hybridized carbons (Fsp3) is 0.818. The van der Waals surface area contributed by atoms with Gasteiger partial charge in [-0.3, -0.25) is 9.00 Å². The molecule has 0 saturated heterocycles. The standard InChI is InChI=1S/C11H19NO3S/c1-11(2,9-12)6-3-4-7-16(15)8-5-10(13)14/h3-8H2,1-2H3,(H,13,14). The van der Waals surface area contributed by atoms with Gasteiger partial charge in [0.1, 0.15) is 0 Å². The molecular formula is C11H19NO3S. The van der Waals surface area contributed by atoms with Crippen LogP contribution in [-0.2, 0) is 15.6 Å². The molecule has 16 heavy (non-hydrogen) atoms. The van der Waals surface area contributed by atoms with Crippen molar-refractivity contribution in [1.29, 1.82) is 5.26 Å². The number of hydrogen-bond acceptors (Lipinski definition) is 3. The van der Waals surface area contributed by atoms with Gasteiger partial charge in [0, 0.05) is 22.3 Å². The van der Waals surface area contributed by atoms with E-state index in [4.69, 9.17) is 10.4 Å². The molecule has 0 aliphatic carbocycles. The van der Waals surface area contributed by atoms with Gasteiger partial charge in [0.15, 0.2) is 0 Å². The number of unbranched alkanes of at least 4 members (excludes halogenated alkanes) is 1. The van der Waals surface area contributed by atoms with E-state index in [1.165, 1.54) is 0 Å². The Morgan fingerprint density at radius 1 is 1.38 bits per heavy atom. The number of carbonyl (C=O) groups is 1. The molecule has 0 spiro atoms. The molecule has 0 aliphatic rings. The molecular weight excluding hydrogens is 226 g/mol. The molecule has 5 heteroatoms. The van der Waals surface area contributed by atoms with Gasteiger partial charge in [0.05, 0.1) is 17.9 Å². The Labute approximate surface area is 99.1 Å². The van der Waals surface area contributed by atoms with Crippen molar-refractivity contribution in [1.82, 2.24) is 0 Å². The largest absolute Gasteiger partial charge is 0.481 e. The van der Waals surface area contributed by atoms with Gasteiger partial charge >= 0.3 is 5.97 Å². The summed E-state index contributed by atoms with van der Waals surface area (Å²) in [6.07, 6.45) is 2.41. The first-order valence-electron chi connectivity index (χ1n) is 5.35. The van der Waals surface area contributed by atoms with Crippen LogP contribution in [0.4, 0.5) is 0 Å². The summed E-state index contributed by atoms with van der Waals surface area (Å²) in [6, 6.07) is 2.22. The van der Waals surface area contributed by atoms with Crippen molar-refractivity contribution in [2.45, 2.75) is 39.5 Å². The maximum absolute atomic E-state index is 11.3. The smallest absolute Gasteiger partial charge is 0.304 e. The number of nitriles is 1. The van der Waals surface area contributed by atoms with Gasteiger partial charge in [-0.1, -0.05) is 6.42 Å². The molecule has 0 fully saturated rings. The third-order valence-corrected chi connectivity index (χ3v) is 3.67. The first-order valence-corrected chi connectivity index (χ1v) is 6.84. The van der Waals surface area contributed by atoms with Crippen molar-refractivity contribution in [3.8, 4) is 6.07 Å². The van der Waals surface area contributed by atoms with E-state index in [0.29, 0.717) is 5.75 Å². The molecule has 0 amide bonds. The highest BCUT2D eigenvalue weighted by Crippen LogP contribution is 2.21. The lowest BCUT2D eigenvalue weighted by atomic mass is 9.89. The lowest BCUT2D eigenvalue weighted by molar-refractivity contribution is -0.136. The molecule has 92 valence electrons. The molecule has 1 atom stereocenters. The van der Waals surface area contributed by atoms with E-state index in [2.05, 4.69) is 6.07 Å². The van der Waals surface area contributed by atoms with Crippen molar-refractivity contribution >= 4 is 16.8 Å². The van der Waals surface area contributed by atoms with Gasteiger partial charge in [0.25, 0.3) is 0 Å². The van der Waals surface area contributed by atoms with Gasteiger partial charge in [-0.25, -0.2) is 0 Å². The van der Waals surface area contributed by atoms with E-state index < -0.39 is 16.8 Å². The third-order valence-electron chi connectivity index (χ3n) is 2.27. The quantitative estimate of drug-likeness (QED) is 0.663. The molecule has 1 unspecified atom stereocenters. The summed E-state index contributed by atoms with van der Waals surface area (Å²) in [4.78, 5) is 10.2. The molecule has 0 heterocycles. The van der Waals surface area contributed by atoms with E-state index in [1.807, 2.05) is 13.8 Å². The van der Waals surface area contributed by atoms with Crippen molar-refractivity contribution in [2.24, 2.45) is 5.41 Å². The maximum Gasteiger partial charge on any atom is 0.304 e. The SMILES string of the molecule is CC(C)(C#N)CCCCS(=O)CCC(=O)O. The molecule has 0 radical (unpaired) electrons. The van der Waals surface area contributed by atoms with Crippen LogP contribution in [0.2, 0.25) is 0 Å². The average molecular weight is 245 g/mol. The van der Waals surface area contributed by atoms with Crippen LogP contribution in [0.25, 0.3) is 0 Å². The molecule has 1 N–H and O–H groups in total. The second-order valence-corrected chi connectivity index (χ2v) is 6.14. The van der Waals surface area contributed by atoms with Crippen molar-refractivity contribution in [3.05, 3.63) is 0 Å². The van der Waals surface area contributed by atoms with Crippen LogP contribution in [0.1, 0.15) is 39.5 Å². The summed E-state index contributed by atoms with van der Waals surface area (Å²) in [6.45, 7) is 3.77. The van der Waals surface area contributed by atoms with Crippen molar-refractivity contribution < 1.29 is 14.1 Å². The van der Waals surface area contributed by atoms with Crippen LogP contribution in [0.5, 0.6) is 0 Å². The minimum Gasteiger partial charge on any atom is -0.481 e. The van der Waals surface area contributed by atoms with Crippen LogP contribution < -0.4 is 0 Å². The minimum atomic E-state index is -1.03. The molecule has 0 bridgehead atoms. The number of nitrogens with zero attached hydrogens (tertiary/aromatic N) is 1. The Morgan fingerprint density at radius 3 is 2.50 bits per heavy atom. The van der Waals surface area contributed by atoms with Crippen LogP contribution in [-0.4, -0.2) is 26.8 Å². The third kappa shape index (κ3) is 8.42. The maximum atomic E-state index is 11.3. The number of rotatable bonds is 8. The molecule has 0 aromatic heterocycles. The Kier molecular flexibility index (Phi) is 6.98. The first-order chi connectivity index (χ1) is 7.37. The van der Waals surface area contributed by atoms with Gasteiger partial charge in [-0.15, -0.1) is 0 Å². The molecule has 0 aromatic rings. The zero-order valence-corrected chi connectivity index (χ0v) is 10.7. The Morgan fingerprint density at radius 2 is 2.00 bits per heavy atom. The fourth-order valence-electron chi connectivity index (χ4n) is 1.19. The summed E-state index contributed by atoms with van der Waals surface area (Å²) >= 11 is 0. The predicted octanol–water partition coefficient (Wildman–Crippen LogP) is 1.93. The molecule has 0 rings (SSSR count). The topological polar surface area (TPSA) is 78.2 Å². The van der Waals surface area contributed by atoms with E-state index in [0.717, 1.165) is 19.3 Å². The van der Waals surface area contributed by atoms with Gasteiger partial charge < -0.3 is 5.11 Å². The highest BCUT2D eigenvalue weighted by molar-refractivity contribution is 7.84. The van der Waals surface area contributed by atoms with Crippen LogP contribution in [0.3, 0.4) is 0 Å². The van der Waals surface area contributed by atoms with Crippen LogP contribution in [0, 0.1) is 16.7 Å². The predicted molar refractivity (Wildman–Crippen MR) is 63.4 cm³/mol. The summed E-state index contributed by atoms with van der Waals surface area (Å²) in [5.74, 6) is -0.134.